The third-order valence-electron chi connectivity index (χ3n) is 3.21. The van der Waals surface area contributed by atoms with Gasteiger partial charge in [-0.2, -0.15) is 0 Å². The topological polar surface area (TPSA) is 70.2 Å². The van der Waals surface area contributed by atoms with Gasteiger partial charge in [-0.15, -0.1) is 12.4 Å². The number of hydrogen-bond donors (Lipinski definition) is 3. The van der Waals surface area contributed by atoms with Gasteiger partial charge in [0.05, 0.1) is 0 Å². The summed E-state index contributed by atoms with van der Waals surface area (Å²) in [6.45, 7) is 9.55. The Bertz CT molecular complexity index is 323. The van der Waals surface area contributed by atoms with Gasteiger partial charge in [0, 0.05) is 12.0 Å². The fourth-order valence-corrected chi connectivity index (χ4v) is 2.15. The van der Waals surface area contributed by atoms with E-state index in [4.69, 9.17) is 0 Å². The summed E-state index contributed by atoms with van der Waals surface area (Å²) >= 11 is 0. The van der Waals surface area contributed by atoms with E-state index in [0.29, 0.717) is 12.3 Å². The molecule has 2 atom stereocenters. The van der Waals surface area contributed by atoms with Crippen LogP contribution in [0.5, 0.6) is 0 Å². The van der Waals surface area contributed by atoms with E-state index in [0.717, 1.165) is 25.9 Å². The van der Waals surface area contributed by atoms with Gasteiger partial charge in [-0.05, 0) is 59.5 Å². The van der Waals surface area contributed by atoms with Crippen LogP contribution in [0.3, 0.4) is 0 Å². The summed E-state index contributed by atoms with van der Waals surface area (Å²) in [6.07, 6.45) is 2.54. The van der Waals surface area contributed by atoms with Gasteiger partial charge in [0.2, 0.25) is 11.8 Å². The lowest BCUT2D eigenvalue weighted by Crippen LogP contribution is -2.50. The number of nitrogens with one attached hydrogen (secondary N) is 3. The molecule has 0 spiro atoms. The van der Waals surface area contributed by atoms with Crippen LogP contribution in [-0.4, -0.2) is 36.5 Å². The molecule has 1 rings (SSSR count). The van der Waals surface area contributed by atoms with Gasteiger partial charge in [0.1, 0.15) is 6.04 Å². The lowest BCUT2D eigenvalue weighted by atomic mass is 10.0. The van der Waals surface area contributed by atoms with E-state index in [9.17, 15) is 9.59 Å². The van der Waals surface area contributed by atoms with E-state index in [1.807, 2.05) is 20.8 Å². The highest BCUT2D eigenvalue weighted by atomic mass is 35.5. The Morgan fingerprint density at radius 3 is 2.50 bits per heavy atom. The van der Waals surface area contributed by atoms with Gasteiger partial charge in [0.15, 0.2) is 0 Å². The van der Waals surface area contributed by atoms with Crippen LogP contribution in [0.2, 0.25) is 0 Å². The molecule has 20 heavy (non-hydrogen) atoms. The first-order valence-corrected chi connectivity index (χ1v) is 7.10. The minimum absolute atomic E-state index is 0. The van der Waals surface area contributed by atoms with Gasteiger partial charge in [-0.25, -0.2) is 0 Å². The molecule has 0 aromatic heterocycles. The average molecular weight is 306 g/mol. The molecule has 1 aliphatic heterocycles. The Morgan fingerprint density at radius 2 is 2.00 bits per heavy atom. The number of carbonyl (C=O) groups is 2. The Balaban J connectivity index is 0.00000361. The van der Waals surface area contributed by atoms with Crippen LogP contribution in [0, 0.1) is 5.92 Å². The van der Waals surface area contributed by atoms with E-state index in [-0.39, 0.29) is 29.8 Å². The molecular formula is C14H28ClN3O2. The Kier molecular flexibility index (Phi) is 8.13. The monoisotopic (exact) mass is 305 g/mol. The summed E-state index contributed by atoms with van der Waals surface area (Å²) in [6, 6.07) is -0.478. The molecule has 1 aliphatic rings. The second-order valence-electron chi connectivity index (χ2n) is 6.43. The summed E-state index contributed by atoms with van der Waals surface area (Å²) in [5, 5.41) is 8.90. The molecule has 2 unspecified atom stereocenters. The highest BCUT2D eigenvalue weighted by Crippen LogP contribution is 2.14. The third-order valence-corrected chi connectivity index (χ3v) is 3.21. The molecule has 1 heterocycles. The molecule has 5 nitrogen and oxygen atoms in total. The smallest absolute Gasteiger partial charge is 0.242 e. The van der Waals surface area contributed by atoms with Crippen molar-refractivity contribution >= 4 is 24.2 Å². The number of hydrogen-bond acceptors (Lipinski definition) is 3. The van der Waals surface area contributed by atoms with Crippen molar-refractivity contribution in [3.05, 3.63) is 0 Å². The predicted octanol–water partition coefficient (Wildman–Crippen LogP) is 1.22. The quantitative estimate of drug-likeness (QED) is 0.715. The van der Waals surface area contributed by atoms with E-state index < -0.39 is 6.04 Å². The molecule has 1 saturated heterocycles. The van der Waals surface area contributed by atoms with Gasteiger partial charge in [-0.1, -0.05) is 0 Å². The Morgan fingerprint density at radius 1 is 1.35 bits per heavy atom. The number of carbonyl (C=O) groups excluding carboxylic acids is 2. The fraction of sp³-hybridized carbons (Fsp3) is 0.857. The molecular weight excluding hydrogens is 278 g/mol. The summed E-state index contributed by atoms with van der Waals surface area (Å²) in [4.78, 5) is 23.6. The first-order valence-electron chi connectivity index (χ1n) is 7.10. The number of amides is 2. The highest BCUT2D eigenvalue weighted by molar-refractivity contribution is 5.87. The SMILES string of the molecule is CC(NC(=O)CCC1CCNC1)C(=O)NC(C)(C)C.Cl. The number of rotatable bonds is 5. The molecule has 3 N–H and O–H groups in total. The van der Waals surface area contributed by atoms with Crippen molar-refractivity contribution in [1.82, 2.24) is 16.0 Å². The van der Waals surface area contributed by atoms with E-state index in [2.05, 4.69) is 16.0 Å². The Labute approximate surface area is 128 Å². The molecule has 118 valence electrons. The van der Waals surface area contributed by atoms with Crippen molar-refractivity contribution < 1.29 is 9.59 Å². The normalized spacial score (nSPS) is 19.9. The van der Waals surface area contributed by atoms with Crippen LogP contribution in [0.25, 0.3) is 0 Å². The first kappa shape index (κ1) is 19.2. The maximum atomic E-state index is 11.8. The lowest BCUT2D eigenvalue weighted by molar-refractivity contribution is -0.129. The second kappa shape index (κ2) is 8.47. The van der Waals surface area contributed by atoms with Crippen molar-refractivity contribution in [3.8, 4) is 0 Å². The van der Waals surface area contributed by atoms with Crippen LogP contribution >= 0.6 is 12.4 Å². The molecule has 0 aromatic carbocycles. The standard InChI is InChI=1S/C14H27N3O2.ClH/c1-10(13(19)17-14(2,3)4)16-12(18)6-5-11-7-8-15-9-11;/h10-11,15H,5-9H2,1-4H3,(H,16,18)(H,17,19);1H. The van der Waals surface area contributed by atoms with Crippen molar-refractivity contribution in [2.75, 3.05) is 13.1 Å². The minimum atomic E-state index is -0.478. The van der Waals surface area contributed by atoms with Gasteiger partial charge in [0.25, 0.3) is 0 Å². The molecule has 0 saturated carbocycles. The zero-order chi connectivity index (χ0) is 14.5. The zero-order valence-electron chi connectivity index (χ0n) is 12.9. The van der Waals surface area contributed by atoms with Crippen LogP contribution < -0.4 is 16.0 Å². The van der Waals surface area contributed by atoms with E-state index >= 15 is 0 Å². The van der Waals surface area contributed by atoms with Crippen molar-refractivity contribution in [3.63, 3.8) is 0 Å². The molecule has 6 heteroatoms. The molecule has 1 fully saturated rings. The summed E-state index contributed by atoms with van der Waals surface area (Å²) < 4.78 is 0. The lowest BCUT2D eigenvalue weighted by Gasteiger charge is -2.23. The highest BCUT2D eigenvalue weighted by Gasteiger charge is 2.21. The maximum Gasteiger partial charge on any atom is 0.242 e. The van der Waals surface area contributed by atoms with Crippen LogP contribution in [0.4, 0.5) is 0 Å². The minimum Gasteiger partial charge on any atom is -0.350 e. The molecule has 2 amide bonds. The average Bonchev–Trinajstić information content (AvgIpc) is 2.76. The van der Waals surface area contributed by atoms with Crippen LogP contribution in [0.15, 0.2) is 0 Å². The summed E-state index contributed by atoms with van der Waals surface area (Å²) in [7, 11) is 0. The van der Waals surface area contributed by atoms with Crippen LogP contribution in [-0.2, 0) is 9.59 Å². The molecule has 0 radical (unpaired) electrons. The Hall–Kier alpha value is -0.810. The molecule has 0 aliphatic carbocycles. The van der Waals surface area contributed by atoms with Crippen LogP contribution in [0.1, 0.15) is 47.0 Å². The molecule has 0 aromatic rings. The van der Waals surface area contributed by atoms with Gasteiger partial charge in [-0.3, -0.25) is 9.59 Å². The van der Waals surface area contributed by atoms with E-state index in [1.54, 1.807) is 6.92 Å². The van der Waals surface area contributed by atoms with Gasteiger partial charge < -0.3 is 16.0 Å². The predicted molar refractivity (Wildman–Crippen MR) is 83.0 cm³/mol. The summed E-state index contributed by atoms with van der Waals surface area (Å²) in [5.74, 6) is 0.427. The molecule has 0 bridgehead atoms. The number of halogens is 1. The zero-order valence-corrected chi connectivity index (χ0v) is 13.7. The van der Waals surface area contributed by atoms with Crippen molar-refractivity contribution in [2.45, 2.75) is 58.5 Å². The summed E-state index contributed by atoms with van der Waals surface area (Å²) in [5.41, 5.74) is -0.272. The van der Waals surface area contributed by atoms with Crippen molar-refractivity contribution in [1.29, 1.82) is 0 Å². The van der Waals surface area contributed by atoms with Gasteiger partial charge >= 0.3 is 0 Å². The largest absolute Gasteiger partial charge is 0.350 e. The van der Waals surface area contributed by atoms with Crippen molar-refractivity contribution in [2.24, 2.45) is 5.92 Å². The third kappa shape index (κ3) is 7.70. The first-order chi connectivity index (χ1) is 8.78. The maximum absolute atomic E-state index is 11.8. The second-order valence-corrected chi connectivity index (χ2v) is 6.43. The fourth-order valence-electron chi connectivity index (χ4n) is 2.15. The van der Waals surface area contributed by atoms with E-state index in [1.165, 1.54) is 0 Å².